The molecule has 0 heterocycles. The number of rotatable bonds is 3. The molecule has 0 radical (unpaired) electrons. The summed E-state index contributed by atoms with van der Waals surface area (Å²) in [6.07, 6.45) is 1.08. The number of methoxy groups -OCH3 is 1. The Bertz CT molecular complexity index is 524. The van der Waals surface area contributed by atoms with Crippen LogP contribution < -0.4 is 0 Å². The summed E-state index contributed by atoms with van der Waals surface area (Å²) in [6.45, 7) is 0. The summed E-state index contributed by atoms with van der Waals surface area (Å²) in [5, 5.41) is 3.35. The highest BCUT2D eigenvalue weighted by atomic mass is 35.5. The second kappa shape index (κ2) is 5.89. The van der Waals surface area contributed by atoms with Crippen molar-refractivity contribution in [2.75, 3.05) is 7.11 Å². The average molecular weight is 256 g/mol. The van der Waals surface area contributed by atoms with Gasteiger partial charge in [0.15, 0.2) is 0 Å². The van der Waals surface area contributed by atoms with Crippen LogP contribution in [0.15, 0.2) is 29.0 Å². The van der Waals surface area contributed by atoms with E-state index in [0.29, 0.717) is 0 Å². The van der Waals surface area contributed by atoms with Crippen molar-refractivity contribution in [3.8, 4) is 0 Å². The summed E-state index contributed by atoms with van der Waals surface area (Å²) < 4.78 is 17.8. The summed E-state index contributed by atoms with van der Waals surface area (Å²) in [7, 11) is 1.13. The molecule has 1 rings (SSSR count). The largest absolute Gasteiger partial charge is 0.466 e. The number of azide groups is 1. The maximum absolute atomic E-state index is 13.4. The van der Waals surface area contributed by atoms with Gasteiger partial charge >= 0.3 is 5.97 Å². The van der Waals surface area contributed by atoms with Crippen LogP contribution in [0.3, 0.4) is 0 Å². The number of hydrogen-bond donors (Lipinski definition) is 0. The van der Waals surface area contributed by atoms with Crippen molar-refractivity contribution < 1.29 is 13.9 Å². The van der Waals surface area contributed by atoms with Crippen molar-refractivity contribution >= 4 is 23.6 Å². The summed E-state index contributed by atoms with van der Waals surface area (Å²) in [6, 6.07) is 3.88. The third-order valence-electron chi connectivity index (χ3n) is 1.80. The van der Waals surface area contributed by atoms with Gasteiger partial charge in [-0.1, -0.05) is 22.8 Å². The second-order valence-electron chi connectivity index (χ2n) is 2.88. The molecule has 0 atom stereocenters. The summed E-state index contributed by atoms with van der Waals surface area (Å²) in [5.41, 5.74) is 8.00. The predicted molar refractivity (Wildman–Crippen MR) is 60.5 cm³/mol. The van der Waals surface area contributed by atoms with Crippen LogP contribution in [0.1, 0.15) is 5.56 Å². The first kappa shape index (κ1) is 13.0. The minimum absolute atomic E-state index is 0.0715. The monoisotopic (exact) mass is 255 g/mol. The van der Waals surface area contributed by atoms with Crippen LogP contribution >= 0.6 is 11.6 Å². The molecule has 0 N–H and O–H groups in total. The van der Waals surface area contributed by atoms with E-state index in [-0.39, 0.29) is 16.3 Å². The summed E-state index contributed by atoms with van der Waals surface area (Å²) >= 11 is 5.57. The second-order valence-corrected chi connectivity index (χ2v) is 3.31. The molecule has 0 amide bonds. The lowest BCUT2D eigenvalue weighted by atomic mass is 10.2. The standard InChI is InChI=1S/C10H7ClFN3O2/c1-17-10(16)9(14-15-13)4-6-2-3-7(11)5-8(6)12/h2-5H,1H3/b9-4-. The molecule has 1 aromatic rings. The van der Waals surface area contributed by atoms with Crippen molar-refractivity contribution in [1.82, 2.24) is 0 Å². The molecule has 0 saturated carbocycles. The smallest absolute Gasteiger partial charge is 0.340 e. The first-order valence-corrected chi connectivity index (χ1v) is 4.76. The average Bonchev–Trinajstić information content (AvgIpc) is 2.30. The number of esters is 1. The molecular formula is C10H7ClFN3O2. The highest BCUT2D eigenvalue weighted by molar-refractivity contribution is 6.30. The SMILES string of the molecule is COC(=O)/C(=C/c1ccc(Cl)cc1F)N=[N+]=[N-]. The molecule has 7 heteroatoms. The van der Waals surface area contributed by atoms with Gasteiger partial charge in [0.2, 0.25) is 0 Å². The fourth-order valence-corrected chi connectivity index (χ4v) is 1.21. The van der Waals surface area contributed by atoms with Gasteiger partial charge in [-0.15, -0.1) is 0 Å². The van der Waals surface area contributed by atoms with E-state index in [1.54, 1.807) is 0 Å². The van der Waals surface area contributed by atoms with Crippen LogP contribution in [0.2, 0.25) is 5.02 Å². The highest BCUT2D eigenvalue weighted by Gasteiger charge is 2.09. The Morgan fingerprint density at radius 2 is 2.35 bits per heavy atom. The Hall–Kier alpha value is -2.04. The number of ether oxygens (including phenoxy) is 1. The van der Waals surface area contributed by atoms with Crippen molar-refractivity contribution in [2.24, 2.45) is 5.11 Å². The molecular weight excluding hydrogens is 249 g/mol. The Labute approximate surface area is 101 Å². The number of hydrogen-bond acceptors (Lipinski definition) is 3. The zero-order valence-electron chi connectivity index (χ0n) is 8.72. The zero-order chi connectivity index (χ0) is 12.8. The molecule has 88 valence electrons. The van der Waals surface area contributed by atoms with Crippen LogP contribution in [-0.4, -0.2) is 13.1 Å². The number of halogens is 2. The van der Waals surface area contributed by atoms with Crippen LogP contribution in [0.25, 0.3) is 16.5 Å². The lowest BCUT2D eigenvalue weighted by Crippen LogP contribution is -2.02. The fraction of sp³-hybridized carbons (Fsp3) is 0.100. The van der Waals surface area contributed by atoms with Gasteiger partial charge in [0.25, 0.3) is 0 Å². The molecule has 5 nitrogen and oxygen atoms in total. The maximum atomic E-state index is 13.4. The van der Waals surface area contributed by atoms with Crippen molar-refractivity contribution in [3.05, 3.63) is 50.7 Å². The molecule has 0 aromatic heterocycles. The first-order valence-electron chi connectivity index (χ1n) is 4.38. The lowest BCUT2D eigenvalue weighted by molar-refractivity contribution is -0.136. The van der Waals surface area contributed by atoms with Crippen molar-refractivity contribution in [2.45, 2.75) is 0 Å². The van der Waals surface area contributed by atoms with Gasteiger partial charge in [0.05, 0.1) is 7.11 Å². The number of carbonyl (C=O) groups is 1. The minimum atomic E-state index is -0.850. The fourth-order valence-electron chi connectivity index (χ4n) is 1.05. The van der Waals surface area contributed by atoms with E-state index >= 15 is 0 Å². The maximum Gasteiger partial charge on any atom is 0.340 e. The molecule has 17 heavy (non-hydrogen) atoms. The molecule has 0 bridgehead atoms. The molecule has 0 unspecified atom stereocenters. The highest BCUT2D eigenvalue weighted by Crippen LogP contribution is 2.18. The Morgan fingerprint density at radius 3 is 2.88 bits per heavy atom. The Kier molecular flexibility index (Phi) is 4.51. The van der Waals surface area contributed by atoms with Crippen LogP contribution in [0.5, 0.6) is 0 Å². The van der Waals surface area contributed by atoms with Gasteiger partial charge in [-0.25, -0.2) is 9.18 Å². The predicted octanol–water partition coefficient (Wildman–Crippen LogP) is 3.30. The van der Waals surface area contributed by atoms with E-state index in [1.807, 2.05) is 0 Å². The van der Waals surface area contributed by atoms with Crippen LogP contribution in [0.4, 0.5) is 4.39 Å². The molecule has 0 fully saturated rings. The first-order chi connectivity index (χ1) is 8.08. The lowest BCUT2D eigenvalue weighted by Gasteiger charge is -2.00. The molecule has 1 aromatic carbocycles. The molecule has 0 aliphatic rings. The van der Waals surface area contributed by atoms with Crippen LogP contribution in [-0.2, 0) is 9.53 Å². The Balaban J connectivity index is 3.21. The number of benzene rings is 1. The third kappa shape index (κ3) is 3.48. The van der Waals surface area contributed by atoms with Gasteiger partial charge in [-0.05, 0) is 23.7 Å². The van der Waals surface area contributed by atoms with Gasteiger partial charge in [0.1, 0.15) is 11.5 Å². The quantitative estimate of drug-likeness (QED) is 0.273. The van der Waals surface area contributed by atoms with E-state index in [0.717, 1.165) is 19.3 Å². The van der Waals surface area contributed by atoms with E-state index in [2.05, 4.69) is 14.8 Å². The third-order valence-corrected chi connectivity index (χ3v) is 2.04. The van der Waals surface area contributed by atoms with Gasteiger partial charge in [-0.3, -0.25) is 0 Å². The summed E-state index contributed by atoms with van der Waals surface area (Å²) in [5.74, 6) is -1.48. The van der Waals surface area contributed by atoms with E-state index in [4.69, 9.17) is 17.1 Å². The van der Waals surface area contributed by atoms with E-state index in [1.165, 1.54) is 12.1 Å². The zero-order valence-corrected chi connectivity index (χ0v) is 9.48. The molecule has 0 spiro atoms. The number of carbonyl (C=O) groups excluding carboxylic acids is 1. The van der Waals surface area contributed by atoms with Crippen molar-refractivity contribution in [3.63, 3.8) is 0 Å². The Morgan fingerprint density at radius 1 is 1.65 bits per heavy atom. The van der Waals surface area contributed by atoms with Crippen LogP contribution in [0, 0.1) is 5.82 Å². The van der Waals surface area contributed by atoms with E-state index in [9.17, 15) is 9.18 Å². The molecule has 0 aliphatic carbocycles. The number of nitrogens with zero attached hydrogens (tertiary/aromatic N) is 3. The minimum Gasteiger partial charge on any atom is -0.466 e. The van der Waals surface area contributed by atoms with E-state index < -0.39 is 11.8 Å². The van der Waals surface area contributed by atoms with Gasteiger partial charge in [0, 0.05) is 15.5 Å². The molecule has 0 saturated heterocycles. The topological polar surface area (TPSA) is 75.1 Å². The summed E-state index contributed by atoms with van der Waals surface area (Å²) in [4.78, 5) is 13.6. The van der Waals surface area contributed by atoms with Crippen molar-refractivity contribution in [1.29, 1.82) is 0 Å². The molecule has 0 aliphatic heterocycles. The van der Waals surface area contributed by atoms with Gasteiger partial charge < -0.3 is 4.74 Å². The van der Waals surface area contributed by atoms with Gasteiger partial charge in [-0.2, -0.15) is 0 Å². The normalized spacial score (nSPS) is 10.6.